The van der Waals surface area contributed by atoms with E-state index in [9.17, 15) is 19.5 Å². The molecule has 2 fully saturated rings. The Labute approximate surface area is 206 Å². The molecule has 3 unspecified atom stereocenters. The summed E-state index contributed by atoms with van der Waals surface area (Å²) >= 11 is 0. The molecule has 1 saturated heterocycles. The van der Waals surface area contributed by atoms with Crippen LogP contribution < -0.4 is 10.6 Å². The second kappa shape index (κ2) is 9.49. The largest absolute Gasteiger partial charge is 0.481 e. The number of nitrogens with zero attached hydrogens (tertiary/aromatic N) is 1. The lowest BCUT2D eigenvalue weighted by Crippen LogP contribution is -2.59. The summed E-state index contributed by atoms with van der Waals surface area (Å²) < 4.78 is 5.46. The van der Waals surface area contributed by atoms with E-state index in [0.29, 0.717) is 25.8 Å². The van der Waals surface area contributed by atoms with Crippen LogP contribution in [0.2, 0.25) is 0 Å². The van der Waals surface area contributed by atoms with Crippen molar-refractivity contribution in [1.82, 2.24) is 15.5 Å². The Hall–Kier alpha value is -3.13. The predicted molar refractivity (Wildman–Crippen MR) is 132 cm³/mol. The van der Waals surface area contributed by atoms with Gasteiger partial charge in [0.05, 0.1) is 11.7 Å². The summed E-state index contributed by atoms with van der Waals surface area (Å²) in [7, 11) is 0. The van der Waals surface area contributed by atoms with Gasteiger partial charge in [0.2, 0.25) is 5.91 Å². The van der Waals surface area contributed by atoms with Gasteiger partial charge in [0.15, 0.2) is 5.76 Å². The Kier molecular flexibility index (Phi) is 6.77. The summed E-state index contributed by atoms with van der Waals surface area (Å²) in [5, 5.41) is 16.5. The van der Waals surface area contributed by atoms with Crippen molar-refractivity contribution in [2.24, 2.45) is 5.41 Å². The van der Waals surface area contributed by atoms with Crippen molar-refractivity contribution >= 4 is 17.8 Å². The van der Waals surface area contributed by atoms with Crippen LogP contribution in [-0.4, -0.2) is 58.0 Å². The highest BCUT2D eigenvalue weighted by Crippen LogP contribution is 2.41. The fraction of sp³-hybridized carbons (Fsp3) is 0.519. The summed E-state index contributed by atoms with van der Waals surface area (Å²) in [5.41, 5.74) is 0.527. The van der Waals surface area contributed by atoms with Crippen molar-refractivity contribution in [2.45, 2.75) is 77.0 Å². The van der Waals surface area contributed by atoms with E-state index in [1.807, 2.05) is 30.3 Å². The van der Waals surface area contributed by atoms with Crippen molar-refractivity contribution in [3.8, 4) is 11.1 Å². The molecule has 8 nitrogen and oxygen atoms in total. The van der Waals surface area contributed by atoms with Gasteiger partial charge in [-0.15, -0.1) is 0 Å². The predicted octanol–water partition coefficient (Wildman–Crippen LogP) is 3.68. The second-order valence-electron chi connectivity index (χ2n) is 11.0. The molecule has 2 heterocycles. The maximum atomic E-state index is 13.3. The smallest absolute Gasteiger partial charge is 0.311 e. The van der Waals surface area contributed by atoms with Gasteiger partial charge in [0.25, 0.3) is 5.91 Å². The van der Waals surface area contributed by atoms with Gasteiger partial charge in [-0.2, -0.15) is 0 Å². The first kappa shape index (κ1) is 25.0. The van der Waals surface area contributed by atoms with E-state index in [-0.39, 0.29) is 23.2 Å². The third kappa shape index (κ3) is 5.27. The van der Waals surface area contributed by atoms with Crippen LogP contribution in [0.25, 0.3) is 11.1 Å². The highest BCUT2D eigenvalue weighted by molar-refractivity contribution is 5.97. The van der Waals surface area contributed by atoms with Crippen LogP contribution in [0.3, 0.4) is 0 Å². The van der Waals surface area contributed by atoms with E-state index < -0.39 is 29.4 Å². The van der Waals surface area contributed by atoms with E-state index >= 15 is 0 Å². The van der Waals surface area contributed by atoms with Gasteiger partial charge in [-0.25, -0.2) is 0 Å². The Bertz CT molecular complexity index is 1090. The monoisotopic (exact) mass is 481 g/mol. The quantitative estimate of drug-likeness (QED) is 0.580. The molecular weight excluding hydrogens is 446 g/mol. The molecule has 188 valence electrons. The normalized spacial score (nSPS) is 27.1. The molecule has 1 aliphatic carbocycles. The molecule has 2 amide bonds. The van der Waals surface area contributed by atoms with Crippen molar-refractivity contribution < 1.29 is 23.9 Å². The molecule has 1 aliphatic heterocycles. The van der Waals surface area contributed by atoms with Crippen LogP contribution in [-0.2, 0) is 9.59 Å². The molecule has 1 saturated carbocycles. The van der Waals surface area contributed by atoms with Crippen LogP contribution >= 0.6 is 0 Å². The second-order valence-corrected chi connectivity index (χ2v) is 11.0. The number of carboxylic acid groups (broad SMARTS) is 1. The van der Waals surface area contributed by atoms with Crippen LogP contribution in [0.15, 0.2) is 47.1 Å². The van der Waals surface area contributed by atoms with Gasteiger partial charge < -0.3 is 25.1 Å². The highest BCUT2D eigenvalue weighted by atomic mass is 16.4. The first-order valence-electron chi connectivity index (χ1n) is 12.2. The van der Waals surface area contributed by atoms with Gasteiger partial charge in [-0.1, -0.05) is 30.3 Å². The number of likely N-dealkylation sites (tertiary alicyclic amines) is 1. The van der Waals surface area contributed by atoms with Gasteiger partial charge in [-0.3, -0.25) is 14.4 Å². The van der Waals surface area contributed by atoms with Crippen LogP contribution in [0.4, 0.5) is 0 Å². The number of furan rings is 1. The number of hydrogen-bond acceptors (Lipinski definition) is 5. The maximum absolute atomic E-state index is 13.3. The first-order valence-corrected chi connectivity index (χ1v) is 12.2. The number of rotatable bonds is 6. The van der Waals surface area contributed by atoms with E-state index in [1.165, 1.54) is 6.26 Å². The number of amides is 2. The average molecular weight is 482 g/mol. The van der Waals surface area contributed by atoms with Gasteiger partial charge in [0.1, 0.15) is 6.04 Å². The molecule has 3 N–H and O–H groups in total. The minimum Gasteiger partial charge on any atom is -0.481 e. The van der Waals surface area contributed by atoms with E-state index in [0.717, 1.165) is 17.5 Å². The Morgan fingerprint density at radius 3 is 2.49 bits per heavy atom. The van der Waals surface area contributed by atoms with E-state index in [1.54, 1.807) is 17.9 Å². The molecule has 0 radical (unpaired) electrons. The molecule has 0 bridgehead atoms. The highest BCUT2D eigenvalue weighted by Gasteiger charge is 2.52. The number of hydrogen-bond donors (Lipinski definition) is 3. The minimum absolute atomic E-state index is 0.0679. The van der Waals surface area contributed by atoms with Crippen LogP contribution in [0, 0.1) is 5.41 Å². The van der Waals surface area contributed by atoms with Gasteiger partial charge >= 0.3 is 5.97 Å². The number of nitrogens with one attached hydrogen (secondary N) is 2. The molecule has 1 aromatic heterocycles. The zero-order chi connectivity index (χ0) is 25.4. The molecule has 8 heteroatoms. The minimum atomic E-state index is -1.07. The molecule has 0 spiro atoms. The summed E-state index contributed by atoms with van der Waals surface area (Å²) in [6.07, 6.45) is 3.80. The number of aliphatic carboxylic acids is 1. The maximum Gasteiger partial charge on any atom is 0.311 e. The SMILES string of the molecule is CC(C)(C)NC1CCC(N2CC[C@H](NC(=O)c3cc(-c4ccccc4)co3)C2=O)C(C)(C(=O)O)C1. The lowest BCUT2D eigenvalue weighted by molar-refractivity contribution is -0.158. The fourth-order valence-corrected chi connectivity index (χ4v) is 5.50. The van der Waals surface area contributed by atoms with Crippen molar-refractivity contribution in [1.29, 1.82) is 0 Å². The van der Waals surface area contributed by atoms with Crippen LogP contribution in [0.5, 0.6) is 0 Å². The summed E-state index contributed by atoms with van der Waals surface area (Å²) in [5.74, 6) is -1.44. The van der Waals surface area contributed by atoms with Crippen LogP contribution in [0.1, 0.15) is 63.9 Å². The summed E-state index contributed by atoms with van der Waals surface area (Å²) in [6, 6.07) is 10.2. The number of benzene rings is 1. The van der Waals surface area contributed by atoms with Gasteiger partial charge in [-0.05, 0) is 65.0 Å². The van der Waals surface area contributed by atoms with Crippen molar-refractivity contribution in [2.75, 3.05) is 6.54 Å². The zero-order valence-corrected chi connectivity index (χ0v) is 20.8. The molecule has 4 rings (SSSR count). The first-order chi connectivity index (χ1) is 16.5. The number of carbonyl (C=O) groups is 3. The molecule has 35 heavy (non-hydrogen) atoms. The number of carboxylic acids is 1. The average Bonchev–Trinajstić information content (AvgIpc) is 3.41. The third-order valence-electron chi connectivity index (χ3n) is 7.17. The Balaban J connectivity index is 1.43. The van der Waals surface area contributed by atoms with E-state index in [2.05, 4.69) is 31.4 Å². The fourth-order valence-electron chi connectivity index (χ4n) is 5.50. The topological polar surface area (TPSA) is 112 Å². The summed E-state index contributed by atoms with van der Waals surface area (Å²) in [4.78, 5) is 40.1. The Morgan fingerprint density at radius 2 is 1.83 bits per heavy atom. The van der Waals surface area contributed by atoms with E-state index in [4.69, 9.17) is 4.42 Å². The standard InChI is InChI=1S/C27H35N3O5/c1-26(2,3)29-19-10-11-22(27(4,15-19)25(33)34)30-13-12-20(24(30)32)28-23(31)21-14-18(16-35-21)17-8-6-5-7-9-17/h5-9,14,16,19-20,22,29H,10-13,15H2,1-4H3,(H,28,31)(H,33,34)/t19?,20-,22?,27?/m0/s1. The zero-order valence-electron chi connectivity index (χ0n) is 20.8. The lowest BCUT2D eigenvalue weighted by Gasteiger charge is -2.47. The van der Waals surface area contributed by atoms with Gasteiger partial charge in [0, 0.05) is 29.7 Å². The van der Waals surface area contributed by atoms with Crippen molar-refractivity contribution in [3.05, 3.63) is 48.4 Å². The molecule has 2 aromatic rings. The molecule has 2 aliphatic rings. The lowest BCUT2D eigenvalue weighted by atomic mass is 9.68. The third-order valence-corrected chi connectivity index (χ3v) is 7.17. The summed E-state index contributed by atoms with van der Waals surface area (Å²) in [6.45, 7) is 8.36. The Morgan fingerprint density at radius 1 is 1.11 bits per heavy atom. The molecule has 4 atom stereocenters. The van der Waals surface area contributed by atoms with Crippen molar-refractivity contribution in [3.63, 3.8) is 0 Å². The number of carbonyl (C=O) groups excluding carboxylic acids is 2. The molecule has 1 aromatic carbocycles. The molecular formula is C27H35N3O5.